The van der Waals surface area contributed by atoms with Crippen molar-refractivity contribution in [3.05, 3.63) is 34.9 Å². The van der Waals surface area contributed by atoms with Gasteiger partial charge in [-0.25, -0.2) is 0 Å². The van der Waals surface area contributed by atoms with Gasteiger partial charge in [-0.1, -0.05) is 23.7 Å². The molecule has 1 saturated heterocycles. The van der Waals surface area contributed by atoms with Crippen molar-refractivity contribution in [1.29, 1.82) is 0 Å². The van der Waals surface area contributed by atoms with Crippen molar-refractivity contribution in [2.75, 3.05) is 18.6 Å². The Balaban J connectivity index is 2.00. The first-order valence-electron chi connectivity index (χ1n) is 5.79. The lowest BCUT2D eigenvalue weighted by atomic mass is 9.93. The van der Waals surface area contributed by atoms with Gasteiger partial charge in [0.25, 0.3) is 0 Å². The van der Waals surface area contributed by atoms with Crippen LogP contribution in [0.5, 0.6) is 0 Å². The predicted molar refractivity (Wildman–Crippen MR) is 73.4 cm³/mol. The van der Waals surface area contributed by atoms with Gasteiger partial charge in [0.15, 0.2) is 0 Å². The fraction of sp³-hybridized carbons (Fsp3) is 0.538. The van der Waals surface area contributed by atoms with Crippen LogP contribution < -0.4 is 5.32 Å². The summed E-state index contributed by atoms with van der Waals surface area (Å²) in [6.45, 7) is 0. The Morgan fingerprint density at radius 2 is 2.44 bits per heavy atom. The molecule has 16 heavy (non-hydrogen) atoms. The molecule has 2 rings (SSSR count). The minimum absolute atomic E-state index is 0.591. The third kappa shape index (κ3) is 3.16. The molecule has 0 aromatic heterocycles. The van der Waals surface area contributed by atoms with Crippen LogP contribution in [0.3, 0.4) is 0 Å². The molecule has 1 aromatic rings. The summed E-state index contributed by atoms with van der Waals surface area (Å²) in [5.74, 6) is 3.43. The molecule has 0 bridgehead atoms. The van der Waals surface area contributed by atoms with Crippen molar-refractivity contribution in [3.8, 4) is 0 Å². The summed E-state index contributed by atoms with van der Waals surface area (Å²) < 4.78 is 0. The molecule has 0 amide bonds. The molecule has 0 saturated carbocycles. The summed E-state index contributed by atoms with van der Waals surface area (Å²) in [6, 6.07) is 8.80. The highest BCUT2D eigenvalue weighted by atomic mass is 35.5. The van der Waals surface area contributed by atoms with E-state index in [1.165, 1.54) is 23.5 Å². The minimum Gasteiger partial charge on any atom is -0.316 e. The standard InChI is InChI=1S/C13H18ClNS/c1-15-13(11-5-6-16-9-11)8-10-3-2-4-12(14)7-10/h2-4,7,11,13,15H,5-6,8-9H2,1H3. The van der Waals surface area contributed by atoms with Crippen molar-refractivity contribution in [1.82, 2.24) is 5.32 Å². The first-order chi connectivity index (χ1) is 7.79. The summed E-state index contributed by atoms with van der Waals surface area (Å²) in [5.41, 5.74) is 1.34. The van der Waals surface area contributed by atoms with Gasteiger partial charge in [-0.15, -0.1) is 0 Å². The van der Waals surface area contributed by atoms with E-state index in [0.29, 0.717) is 6.04 Å². The van der Waals surface area contributed by atoms with E-state index in [2.05, 4.69) is 36.3 Å². The van der Waals surface area contributed by atoms with Crippen LogP contribution in [-0.2, 0) is 6.42 Å². The number of likely N-dealkylation sites (N-methyl/N-ethyl adjacent to an activating group) is 1. The van der Waals surface area contributed by atoms with E-state index in [-0.39, 0.29) is 0 Å². The molecular weight excluding hydrogens is 238 g/mol. The van der Waals surface area contributed by atoms with Crippen LogP contribution in [0.2, 0.25) is 5.02 Å². The zero-order chi connectivity index (χ0) is 11.4. The van der Waals surface area contributed by atoms with E-state index in [0.717, 1.165) is 17.4 Å². The fourth-order valence-electron chi connectivity index (χ4n) is 2.29. The van der Waals surface area contributed by atoms with Gasteiger partial charge < -0.3 is 5.32 Å². The van der Waals surface area contributed by atoms with E-state index in [1.807, 2.05) is 12.1 Å². The maximum Gasteiger partial charge on any atom is 0.0408 e. The molecule has 1 aliphatic rings. The Morgan fingerprint density at radius 1 is 1.56 bits per heavy atom. The van der Waals surface area contributed by atoms with Crippen LogP contribution in [0.4, 0.5) is 0 Å². The van der Waals surface area contributed by atoms with Crippen LogP contribution in [0, 0.1) is 5.92 Å². The van der Waals surface area contributed by atoms with Gasteiger partial charge in [0.05, 0.1) is 0 Å². The number of hydrogen-bond donors (Lipinski definition) is 1. The Bertz CT molecular complexity index is 336. The second kappa shape index (κ2) is 5.95. The third-order valence-corrected chi connectivity index (χ3v) is 4.67. The van der Waals surface area contributed by atoms with Gasteiger partial charge >= 0.3 is 0 Å². The van der Waals surface area contributed by atoms with E-state index in [9.17, 15) is 0 Å². The molecule has 2 atom stereocenters. The molecule has 2 unspecified atom stereocenters. The van der Waals surface area contributed by atoms with E-state index in [4.69, 9.17) is 11.6 Å². The van der Waals surface area contributed by atoms with Crippen molar-refractivity contribution in [3.63, 3.8) is 0 Å². The molecule has 1 N–H and O–H groups in total. The summed E-state index contributed by atoms with van der Waals surface area (Å²) in [5, 5.41) is 4.30. The lowest BCUT2D eigenvalue weighted by Gasteiger charge is -2.22. The second-order valence-corrected chi connectivity index (χ2v) is 5.94. The zero-order valence-electron chi connectivity index (χ0n) is 9.58. The minimum atomic E-state index is 0.591. The third-order valence-electron chi connectivity index (χ3n) is 3.25. The van der Waals surface area contributed by atoms with Crippen LogP contribution in [0.15, 0.2) is 24.3 Å². The van der Waals surface area contributed by atoms with Gasteiger partial charge in [0.1, 0.15) is 0 Å². The van der Waals surface area contributed by atoms with Crippen molar-refractivity contribution in [2.45, 2.75) is 18.9 Å². The number of benzene rings is 1. The van der Waals surface area contributed by atoms with Crippen molar-refractivity contribution < 1.29 is 0 Å². The first-order valence-corrected chi connectivity index (χ1v) is 7.32. The van der Waals surface area contributed by atoms with Crippen LogP contribution in [-0.4, -0.2) is 24.6 Å². The Kier molecular flexibility index (Phi) is 4.56. The van der Waals surface area contributed by atoms with Gasteiger partial charge in [-0.3, -0.25) is 0 Å². The topological polar surface area (TPSA) is 12.0 Å². The molecule has 1 aromatic carbocycles. The molecule has 1 fully saturated rings. The molecule has 88 valence electrons. The maximum absolute atomic E-state index is 6.01. The quantitative estimate of drug-likeness (QED) is 0.887. The predicted octanol–water partition coefficient (Wildman–Crippen LogP) is 3.22. The number of thioether (sulfide) groups is 1. The molecule has 1 heterocycles. The number of halogens is 1. The summed E-state index contributed by atoms with van der Waals surface area (Å²) in [6.07, 6.45) is 2.43. The van der Waals surface area contributed by atoms with Crippen LogP contribution in [0.1, 0.15) is 12.0 Å². The molecule has 3 heteroatoms. The fourth-order valence-corrected chi connectivity index (χ4v) is 3.84. The largest absolute Gasteiger partial charge is 0.316 e. The van der Waals surface area contributed by atoms with Crippen LogP contribution in [0.25, 0.3) is 0 Å². The van der Waals surface area contributed by atoms with E-state index in [1.54, 1.807) is 0 Å². The van der Waals surface area contributed by atoms with E-state index >= 15 is 0 Å². The molecule has 0 spiro atoms. The monoisotopic (exact) mass is 255 g/mol. The number of hydrogen-bond acceptors (Lipinski definition) is 2. The molecule has 0 aliphatic carbocycles. The SMILES string of the molecule is CNC(Cc1cccc(Cl)c1)C1CCSC1. The average Bonchev–Trinajstić information content (AvgIpc) is 2.79. The molecule has 1 nitrogen and oxygen atoms in total. The number of rotatable bonds is 4. The smallest absolute Gasteiger partial charge is 0.0408 e. The van der Waals surface area contributed by atoms with Gasteiger partial charge in [0, 0.05) is 11.1 Å². The summed E-state index contributed by atoms with van der Waals surface area (Å²) in [7, 11) is 2.07. The maximum atomic E-state index is 6.01. The Labute approximate surface area is 107 Å². The molecular formula is C13H18ClNS. The second-order valence-electron chi connectivity index (χ2n) is 4.35. The molecule has 0 radical (unpaired) electrons. The molecule has 1 aliphatic heterocycles. The van der Waals surface area contributed by atoms with Crippen LogP contribution >= 0.6 is 23.4 Å². The van der Waals surface area contributed by atoms with Crippen molar-refractivity contribution >= 4 is 23.4 Å². The Morgan fingerprint density at radius 3 is 3.06 bits per heavy atom. The lowest BCUT2D eigenvalue weighted by Crippen LogP contribution is -2.35. The highest BCUT2D eigenvalue weighted by Gasteiger charge is 2.24. The Hall–Kier alpha value is -0.180. The van der Waals surface area contributed by atoms with Gasteiger partial charge in [0.2, 0.25) is 0 Å². The van der Waals surface area contributed by atoms with E-state index < -0.39 is 0 Å². The van der Waals surface area contributed by atoms with Gasteiger partial charge in [-0.05, 0) is 55.0 Å². The lowest BCUT2D eigenvalue weighted by molar-refractivity contribution is 0.404. The van der Waals surface area contributed by atoms with Crippen molar-refractivity contribution in [2.24, 2.45) is 5.92 Å². The highest BCUT2D eigenvalue weighted by Crippen LogP contribution is 2.28. The zero-order valence-corrected chi connectivity index (χ0v) is 11.2. The average molecular weight is 256 g/mol. The highest BCUT2D eigenvalue weighted by molar-refractivity contribution is 7.99. The number of nitrogens with one attached hydrogen (secondary N) is 1. The summed E-state index contributed by atoms with van der Waals surface area (Å²) in [4.78, 5) is 0. The first kappa shape index (κ1) is 12.3. The van der Waals surface area contributed by atoms with Gasteiger partial charge in [-0.2, -0.15) is 11.8 Å². The normalized spacial score (nSPS) is 22.2. The summed E-state index contributed by atoms with van der Waals surface area (Å²) >= 11 is 8.08.